The SMILES string of the molecule is CC(C)(C)C(=O)C1CC(=O)NC(=O)N1[C@@H]1O[C@H](CO)[C@@H](O)[C@H]1O. The first-order chi connectivity index (χ1) is 10.6. The number of imide groups is 1. The number of urea groups is 1. The van der Waals surface area contributed by atoms with E-state index < -0.39 is 54.5 Å². The molecule has 0 saturated carbocycles. The summed E-state index contributed by atoms with van der Waals surface area (Å²) in [5.74, 6) is -0.959. The van der Waals surface area contributed by atoms with Crippen LogP contribution in [0.4, 0.5) is 4.79 Å². The smallest absolute Gasteiger partial charge is 0.326 e. The van der Waals surface area contributed by atoms with E-state index in [1.54, 1.807) is 20.8 Å². The molecule has 1 unspecified atom stereocenters. The standard InChI is InChI=1S/C14H22N2O7/c1-14(2,3)11(21)6-4-8(18)15-13(22)16(6)12-10(20)9(19)7(5-17)23-12/h6-7,9-10,12,17,19-20H,4-5H2,1-3H3,(H,15,18,22)/t6?,7-,9-,10-,12-/m1/s1. The van der Waals surface area contributed by atoms with Gasteiger partial charge in [0.15, 0.2) is 12.0 Å². The predicted octanol–water partition coefficient (Wildman–Crippen LogP) is -1.65. The van der Waals surface area contributed by atoms with Gasteiger partial charge in [0.05, 0.1) is 13.0 Å². The maximum Gasteiger partial charge on any atom is 0.326 e. The van der Waals surface area contributed by atoms with Gasteiger partial charge in [0.1, 0.15) is 24.4 Å². The van der Waals surface area contributed by atoms with Crippen LogP contribution in [0, 0.1) is 5.41 Å². The number of nitrogens with zero attached hydrogens (tertiary/aromatic N) is 1. The average molecular weight is 330 g/mol. The number of ether oxygens (including phenoxy) is 1. The number of rotatable bonds is 3. The van der Waals surface area contributed by atoms with Gasteiger partial charge in [-0.1, -0.05) is 20.8 Å². The lowest BCUT2D eigenvalue weighted by Gasteiger charge is -2.40. The summed E-state index contributed by atoms with van der Waals surface area (Å²) in [6.45, 7) is 4.41. The summed E-state index contributed by atoms with van der Waals surface area (Å²) in [5.41, 5.74) is -0.820. The van der Waals surface area contributed by atoms with Gasteiger partial charge in [0.25, 0.3) is 0 Å². The van der Waals surface area contributed by atoms with E-state index in [-0.39, 0.29) is 12.2 Å². The zero-order valence-electron chi connectivity index (χ0n) is 13.2. The number of Topliss-reactive ketones (excluding diaryl/α,β-unsaturated/α-hetero) is 1. The second-order valence-electron chi connectivity index (χ2n) is 6.82. The van der Waals surface area contributed by atoms with Gasteiger partial charge in [-0.05, 0) is 0 Å². The van der Waals surface area contributed by atoms with Gasteiger partial charge in [-0.25, -0.2) is 4.79 Å². The predicted molar refractivity (Wildman–Crippen MR) is 76.0 cm³/mol. The quantitative estimate of drug-likeness (QED) is 0.487. The van der Waals surface area contributed by atoms with Crippen LogP contribution < -0.4 is 5.32 Å². The highest BCUT2D eigenvalue weighted by Crippen LogP contribution is 2.31. The van der Waals surface area contributed by atoms with Gasteiger partial charge < -0.3 is 20.1 Å². The van der Waals surface area contributed by atoms with Gasteiger partial charge in [-0.15, -0.1) is 0 Å². The third-order valence-corrected chi connectivity index (χ3v) is 4.03. The van der Waals surface area contributed by atoms with E-state index >= 15 is 0 Å². The molecule has 0 aromatic carbocycles. The Morgan fingerprint density at radius 3 is 2.39 bits per heavy atom. The number of aliphatic hydroxyl groups is 3. The molecule has 0 spiro atoms. The molecular formula is C14H22N2O7. The summed E-state index contributed by atoms with van der Waals surface area (Å²) in [7, 11) is 0. The minimum absolute atomic E-state index is 0.256. The fourth-order valence-electron chi connectivity index (χ4n) is 2.77. The maximum atomic E-state index is 12.6. The van der Waals surface area contributed by atoms with E-state index in [9.17, 15) is 24.6 Å². The number of nitrogens with one attached hydrogen (secondary N) is 1. The van der Waals surface area contributed by atoms with Gasteiger partial charge in [0, 0.05) is 5.41 Å². The topological polar surface area (TPSA) is 136 Å². The van der Waals surface area contributed by atoms with Crippen molar-refractivity contribution in [1.29, 1.82) is 0 Å². The van der Waals surface area contributed by atoms with E-state index in [0.717, 1.165) is 4.90 Å². The molecule has 0 aliphatic carbocycles. The van der Waals surface area contributed by atoms with Crippen molar-refractivity contribution in [3.05, 3.63) is 0 Å². The Morgan fingerprint density at radius 2 is 1.91 bits per heavy atom. The summed E-state index contributed by atoms with van der Waals surface area (Å²) >= 11 is 0. The molecule has 2 fully saturated rings. The largest absolute Gasteiger partial charge is 0.394 e. The molecule has 0 bridgehead atoms. The molecule has 9 nitrogen and oxygen atoms in total. The van der Waals surface area contributed by atoms with E-state index in [1.807, 2.05) is 0 Å². The Bertz CT molecular complexity index is 516. The van der Waals surface area contributed by atoms with Crippen LogP contribution in [-0.2, 0) is 14.3 Å². The first-order valence-electron chi connectivity index (χ1n) is 7.37. The molecule has 23 heavy (non-hydrogen) atoms. The normalized spacial score (nSPS) is 35.4. The number of amides is 3. The zero-order chi connectivity index (χ0) is 17.5. The summed E-state index contributed by atoms with van der Waals surface area (Å²) in [6.07, 6.45) is -5.56. The molecule has 4 N–H and O–H groups in total. The van der Waals surface area contributed by atoms with Crippen LogP contribution in [-0.4, -0.2) is 75.1 Å². The summed E-state index contributed by atoms with van der Waals surface area (Å²) < 4.78 is 5.32. The third-order valence-electron chi connectivity index (χ3n) is 4.03. The fraction of sp³-hybridized carbons (Fsp3) is 0.786. The molecule has 2 aliphatic rings. The van der Waals surface area contributed by atoms with Crippen LogP contribution in [0.1, 0.15) is 27.2 Å². The highest BCUT2D eigenvalue weighted by atomic mass is 16.6. The molecule has 0 aromatic rings. The molecule has 2 rings (SSSR count). The molecule has 9 heteroatoms. The number of aliphatic hydroxyl groups excluding tert-OH is 3. The monoisotopic (exact) mass is 330 g/mol. The lowest BCUT2D eigenvalue weighted by Crippen LogP contribution is -2.64. The number of hydrogen-bond donors (Lipinski definition) is 4. The van der Waals surface area contributed by atoms with Gasteiger partial charge in [-0.3, -0.25) is 19.8 Å². The van der Waals surface area contributed by atoms with Crippen LogP contribution in [0.3, 0.4) is 0 Å². The second-order valence-corrected chi connectivity index (χ2v) is 6.82. The average Bonchev–Trinajstić information content (AvgIpc) is 2.72. The second kappa shape index (κ2) is 6.16. The number of hydrogen-bond acceptors (Lipinski definition) is 7. The Labute approximate surface area is 133 Å². The van der Waals surface area contributed by atoms with Crippen molar-refractivity contribution in [2.45, 2.75) is 57.8 Å². The number of carbonyl (C=O) groups excluding carboxylic acids is 3. The number of ketones is 1. The summed E-state index contributed by atoms with van der Waals surface area (Å²) in [4.78, 5) is 37.4. The van der Waals surface area contributed by atoms with Crippen molar-refractivity contribution in [3.8, 4) is 0 Å². The minimum Gasteiger partial charge on any atom is -0.394 e. The fourth-order valence-corrected chi connectivity index (χ4v) is 2.77. The lowest BCUT2D eigenvalue weighted by molar-refractivity contribution is -0.147. The lowest BCUT2D eigenvalue weighted by atomic mass is 9.84. The van der Waals surface area contributed by atoms with Crippen molar-refractivity contribution in [2.75, 3.05) is 6.61 Å². The van der Waals surface area contributed by atoms with Crippen LogP contribution in [0.15, 0.2) is 0 Å². The van der Waals surface area contributed by atoms with Crippen LogP contribution >= 0.6 is 0 Å². The molecule has 2 saturated heterocycles. The molecule has 0 aromatic heterocycles. The summed E-state index contributed by atoms with van der Waals surface area (Å²) in [6, 6.07) is -1.99. The number of carbonyl (C=O) groups is 3. The molecule has 2 heterocycles. The van der Waals surface area contributed by atoms with Gasteiger partial charge in [-0.2, -0.15) is 0 Å². The third kappa shape index (κ3) is 3.23. The maximum absolute atomic E-state index is 12.6. The highest BCUT2D eigenvalue weighted by molar-refractivity contribution is 6.04. The van der Waals surface area contributed by atoms with Crippen molar-refractivity contribution >= 4 is 17.7 Å². The molecule has 2 aliphatic heterocycles. The van der Waals surface area contributed by atoms with Crippen molar-refractivity contribution < 1.29 is 34.4 Å². The molecule has 0 radical (unpaired) electrons. The van der Waals surface area contributed by atoms with Gasteiger partial charge in [0.2, 0.25) is 5.91 Å². The summed E-state index contributed by atoms with van der Waals surface area (Å²) in [5, 5.41) is 31.1. The van der Waals surface area contributed by atoms with E-state index in [4.69, 9.17) is 9.84 Å². The Morgan fingerprint density at radius 1 is 1.30 bits per heavy atom. The van der Waals surface area contributed by atoms with Crippen LogP contribution in [0.2, 0.25) is 0 Å². The highest BCUT2D eigenvalue weighted by Gasteiger charge is 2.52. The van der Waals surface area contributed by atoms with E-state index in [0.29, 0.717) is 0 Å². The Kier molecular flexibility index (Phi) is 4.76. The molecule has 130 valence electrons. The van der Waals surface area contributed by atoms with E-state index in [1.165, 1.54) is 0 Å². The van der Waals surface area contributed by atoms with Crippen LogP contribution in [0.25, 0.3) is 0 Å². The zero-order valence-corrected chi connectivity index (χ0v) is 13.2. The van der Waals surface area contributed by atoms with Crippen LogP contribution in [0.5, 0.6) is 0 Å². The Balaban J connectivity index is 2.34. The van der Waals surface area contributed by atoms with Crippen molar-refractivity contribution in [2.24, 2.45) is 5.41 Å². The Hall–Kier alpha value is -1.55. The molecular weight excluding hydrogens is 308 g/mol. The minimum atomic E-state index is -1.50. The van der Waals surface area contributed by atoms with Gasteiger partial charge >= 0.3 is 6.03 Å². The molecule has 5 atom stereocenters. The van der Waals surface area contributed by atoms with Crippen molar-refractivity contribution in [1.82, 2.24) is 10.2 Å². The van der Waals surface area contributed by atoms with E-state index in [2.05, 4.69) is 5.32 Å². The van der Waals surface area contributed by atoms with Crippen molar-refractivity contribution in [3.63, 3.8) is 0 Å². The first kappa shape index (κ1) is 17.8. The first-order valence-corrected chi connectivity index (χ1v) is 7.37. The molecule has 3 amide bonds.